The second-order valence-corrected chi connectivity index (χ2v) is 8.66. The van der Waals surface area contributed by atoms with E-state index >= 15 is 0 Å². The Kier molecular flexibility index (Phi) is 7.03. The van der Waals surface area contributed by atoms with E-state index < -0.39 is 12.1 Å². The number of aryl methyl sites for hydroxylation is 2. The number of nitrogens with zero attached hydrogens (tertiary/aromatic N) is 7. The van der Waals surface area contributed by atoms with E-state index in [1.54, 1.807) is 19.5 Å². The SMILES string of the molecule is CCn1c(-c2cnc(C)nc2)nc2c(N[C@H](C(=O)N3CC(C)OC(C)C3)[C@@H](C)OC)ncnc21. The van der Waals surface area contributed by atoms with Gasteiger partial charge >= 0.3 is 0 Å². The van der Waals surface area contributed by atoms with Crippen LogP contribution in [-0.2, 0) is 20.8 Å². The zero-order chi connectivity index (χ0) is 24.4. The number of hydrogen-bond donors (Lipinski definition) is 1. The fourth-order valence-corrected chi connectivity index (χ4v) is 4.29. The summed E-state index contributed by atoms with van der Waals surface area (Å²) in [7, 11) is 1.59. The van der Waals surface area contributed by atoms with Crippen LogP contribution in [0.3, 0.4) is 0 Å². The molecule has 1 N–H and O–H groups in total. The second kappa shape index (κ2) is 9.98. The van der Waals surface area contributed by atoms with E-state index in [1.165, 1.54) is 6.33 Å². The maximum Gasteiger partial charge on any atom is 0.247 e. The average Bonchev–Trinajstić information content (AvgIpc) is 3.21. The highest BCUT2D eigenvalue weighted by atomic mass is 16.5. The average molecular weight is 469 g/mol. The number of fused-ring (bicyclic) bond motifs is 1. The molecule has 0 spiro atoms. The number of imidazole rings is 1. The first-order valence-electron chi connectivity index (χ1n) is 11.6. The Labute approximate surface area is 198 Å². The number of amides is 1. The van der Waals surface area contributed by atoms with Gasteiger partial charge in [0, 0.05) is 39.1 Å². The van der Waals surface area contributed by atoms with Gasteiger partial charge in [0.15, 0.2) is 17.0 Å². The number of anilines is 1. The quantitative estimate of drug-likeness (QED) is 0.555. The van der Waals surface area contributed by atoms with Crippen LogP contribution in [0.1, 0.15) is 33.5 Å². The van der Waals surface area contributed by atoms with Crippen LogP contribution in [0.5, 0.6) is 0 Å². The fourth-order valence-electron chi connectivity index (χ4n) is 4.29. The molecule has 1 amide bonds. The van der Waals surface area contributed by atoms with Crippen molar-refractivity contribution in [1.29, 1.82) is 0 Å². The summed E-state index contributed by atoms with van der Waals surface area (Å²) in [6.07, 6.45) is 4.51. The van der Waals surface area contributed by atoms with E-state index in [9.17, 15) is 4.79 Å². The smallest absolute Gasteiger partial charge is 0.247 e. The molecule has 34 heavy (non-hydrogen) atoms. The molecule has 0 saturated carbocycles. The van der Waals surface area contributed by atoms with E-state index in [0.717, 1.165) is 5.56 Å². The van der Waals surface area contributed by atoms with Crippen molar-refractivity contribution in [3.05, 3.63) is 24.5 Å². The third-order valence-corrected chi connectivity index (χ3v) is 6.02. The molecule has 1 aliphatic heterocycles. The Balaban J connectivity index is 1.71. The molecular formula is C23H32N8O3. The van der Waals surface area contributed by atoms with E-state index in [-0.39, 0.29) is 18.1 Å². The van der Waals surface area contributed by atoms with E-state index in [0.29, 0.717) is 48.3 Å². The van der Waals surface area contributed by atoms with Gasteiger partial charge in [-0.15, -0.1) is 0 Å². The van der Waals surface area contributed by atoms with Crippen LogP contribution in [0.15, 0.2) is 18.7 Å². The lowest BCUT2D eigenvalue weighted by Crippen LogP contribution is -2.55. The van der Waals surface area contributed by atoms with Gasteiger partial charge in [-0.3, -0.25) is 4.79 Å². The first-order chi connectivity index (χ1) is 16.3. The van der Waals surface area contributed by atoms with E-state index in [1.807, 2.05) is 44.1 Å². The molecule has 4 rings (SSSR count). The van der Waals surface area contributed by atoms with Gasteiger partial charge in [0.2, 0.25) is 5.91 Å². The summed E-state index contributed by atoms with van der Waals surface area (Å²) in [5.41, 5.74) is 2.02. The molecule has 4 atom stereocenters. The highest BCUT2D eigenvalue weighted by molar-refractivity contribution is 5.91. The van der Waals surface area contributed by atoms with E-state index in [4.69, 9.17) is 14.5 Å². The van der Waals surface area contributed by atoms with Crippen molar-refractivity contribution in [2.24, 2.45) is 0 Å². The molecule has 0 aliphatic carbocycles. The summed E-state index contributed by atoms with van der Waals surface area (Å²) in [4.78, 5) is 37.7. The minimum absolute atomic E-state index is 0.0310. The molecule has 1 aliphatic rings. The summed E-state index contributed by atoms with van der Waals surface area (Å²) < 4.78 is 13.3. The first-order valence-corrected chi connectivity index (χ1v) is 11.6. The van der Waals surface area contributed by atoms with Gasteiger partial charge in [-0.1, -0.05) is 0 Å². The highest BCUT2D eigenvalue weighted by Crippen LogP contribution is 2.27. The van der Waals surface area contributed by atoms with Gasteiger partial charge in [-0.2, -0.15) is 0 Å². The predicted octanol–water partition coefficient (Wildman–Crippen LogP) is 2.06. The molecule has 0 aromatic carbocycles. The molecule has 182 valence electrons. The fraction of sp³-hybridized carbons (Fsp3) is 0.565. The Morgan fingerprint density at radius 3 is 2.50 bits per heavy atom. The lowest BCUT2D eigenvalue weighted by molar-refractivity contribution is -0.146. The molecule has 1 fully saturated rings. The minimum atomic E-state index is -0.654. The number of ether oxygens (including phenoxy) is 2. The first kappa shape index (κ1) is 24.0. The molecule has 3 aromatic rings. The number of methoxy groups -OCH3 is 1. The number of nitrogens with one attached hydrogen (secondary N) is 1. The largest absolute Gasteiger partial charge is 0.379 e. The van der Waals surface area contributed by atoms with E-state index in [2.05, 4.69) is 25.3 Å². The van der Waals surface area contributed by atoms with Crippen LogP contribution >= 0.6 is 0 Å². The van der Waals surface area contributed by atoms with Crippen LogP contribution in [0.2, 0.25) is 0 Å². The summed E-state index contributed by atoms with van der Waals surface area (Å²) in [6, 6.07) is -0.654. The number of carbonyl (C=O) groups excluding carboxylic acids is 1. The molecule has 4 heterocycles. The molecule has 3 aromatic heterocycles. The monoisotopic (exact) mass is 468 g/mol. The van der Waals surface area contributed by atoms with Gasteiger partial charge in [0.1, 0.15) is 24.0 Å². The maximum absolute atomic E-state index is 13.6. The van der Waals surface area contributed by atoms with Crippen LogP contribution in [-0.4, -0.2) is 84.8 Å². The van der Waals surface area contributed by atoms with Crippen LogP contribution < -0.4 is 5.32 Å². The molecule has 0 radical (unpaired) electrons. The van der Waals surface area contributed by atoms with Crippen LogP contribution in [0, 0.1) is 6.92 Å². The van der Waals surface area contributed by atoms with Gasteiger partial charge in [0.05, 0.1) is 23.9 Å². The maximum atomic E-state index is 13.6. The lowest BCUT2D eigenvalue weighted by atomic mass is 10.1. The molecule has 11 nitrogen and oxygen atoms in total. The Bertz CT molecular complexity index is 1140. The number of aromatic nitrogens is 6. The van der Waals surface area contributed by atoms with Gasteiger partial charge < -0.3 is 24.3 Å². The van der Waals surface area contributed by atoms with Crippen molar-refractivity contribution < 1.29 is 14.3 Å². The van der Waals surface area contributed by atoms with Crippen molar-refractivity contribution in [3.63, 3.8) is 0 Å². The zero-order valence-electron chi connectivity index (χ0n) is 20.5. The number of hydrogen-bond acceptors (Lipinski definition) is 9. The predicted molar refractivity (Wildman–Crippen MR) is 127 cm³/mol. The van der Waals surface area contributed by atoms with Crippen LogP contribution in [0.25, 0.3) is 22.6 Å². The highest BCUT2D eigenvalue weighted by Gasteiger charge is 2.34. The zero-order valence-corrected chi connectivity index (χ0v) is 20.5. The third kappa shape index (κ3) is 4.71. The van der Waals surface area contributed by atoms with Gasteiger partial charge in [0.25, 0.3) is 0 Å². The Morgan fingerprint density at radius 2 is 1.88 bits per heavy atom. The molecule has 11 heteroatoms. The molecule has 0 bridgehead atoms. The lowest BCUT2D eigenvalue weighted by Gasteiger charge is -2.38. The Hall–Kier alpha value is -3.18. The third-order valence-electron chi connectivity index (χ3n) is 6.02. The van der Waals surface area contributed by atoms with Crippen LogP contribution in [0.4, 0.5) is 5.82 Å². The summed E-state index contributed by atoms with van der Waals surface area (Å²) >= 11 is 0. The standard InChI is InChI=1S/C23H32N8O3/c1-7-31-21(17-8-24-16(5)25-9-17)29-19-20(26-12-27-22(19)31)28-18(15(4)33-6)23(32)30-10-13(2)34-14(3)11-30/h8-9,12-15,18H,7,10-11H2,1-6H3,(H,26,27,28)/t13?,14?,15-,18+/m1/s1. The topological polar surface area (TPSA) is 120 Å². The summed E-state index contributed by atoms with van der Waals surface area (Å²) in [5.74, 6) is 1.79. The number of morpholine rings is 1. The van der Waals surface area contributed by atoms with Crippen molar-refractivity contribution in [1.82, 2.24) is 34.4 Å². The number of rotatable bonds is 7. The summed E-state index contributed by atoms with van der Waals surface area (Å²) in [5, 5.41) is 3.31. The van der Waals surface area contributed by atoms with Crippen molar-refractivity contribution in [2.75, 3.05) is 25.5 Å². The molecule has 2 unspecified atom stereocenters. The summed E-state index contributed by atoms with van der Waals surface area (Å²) in [6.45, 7) is 11.4. The normalized spacial score (nSPS) is 20.4. The number of carbonyl (C=O) groups is 1. The Morgan fingerprint density at radius 1 is 1.21 bits per heavy atom. The van der Waals surface area contributed by atoms with Crippen molar-refractivity contribution in [3.8, 4) is 11.4 Å². The molecule has 1 saturated heterocycles. The molecular weight excluding hydrogens is 436 g/mol. The van der Waals surface area contributed by atoms with Crippen molar-refractivity contribution >= 4 is 22.9 Å². The van der Waals surface area contributed by atoms with Gasteiger partial charge in [-0.25, -0.2) is 24.9 Å². The minimum Gasteiger partial charge on any atom is -0.379 e. The van der Waals surface area contributed by atoms with Gasteiger partial charge in [-0.05, 0) is 34.6 Å². The van der Waals surface area contributed by atoms with Crippen molar-refractivity contribution in [2.45, 2.75) is 65.5 Å². The second-order valence-electron chi connectivity index (χ2n) is 8.66.